The third kappa shape index (κ3) is 2.65. The van der Waals surface area contributed by atoms with Crippen molar-refractivity contribution in [2.75, 3.05) is 7.11 Å². The molecule has 0 N–H and O–H groups in total. The Morgan fingerprint density at radius 1 is 1.35 bits per heavy atom. The van der Waals surface area contributed by atoms with Crippen molar-refractivity contribution >= 4 is 28.9 Å². The molecule has 0 aliphatic carbocycles. The lowest BCUT2D eigenvalue weighted by Gasteiger charge is -2.03. The molecule has 0 bridgehead atoms. The minimum absolute atomic E-state index is 0.187. The van der Waals surface area contributed by atoms with Crippen LogP contribution in [0.3, 0.4) is 0 Å². The van der Waals surface area contributed by atoms with Gasteiger partial charge in [-0.3, -0.25) is 0 Å². The molecule has 17 heavy (non-hydrogen) atoms. The van der Waals surface area contributed by atoms with E-state index in [1.165, 1.54) is 24.5 Å². The number of benzene rings is 1. The molecular weight excluding hydrogens is 263 g/mol. The Kier molecular flexibility index (Phi) is 3.45. The summed E-state index contributed by atoms with van der Waals surface area (Å²) in [5.74, 6) is -1.04. The Bertz CT molecular complexity index is 565. The molecule has 1 aromatic heterocycles. The van der Waals surface area contributed by atoms with Gasteiger partial charge in [0, 0.05) is 4.88 Å². The maximum atomic E-state index is 13.4. The fourth-order valence-electron chi connectivity index (χ4n) is 1.44. The minimum Gasteiger partial charge on any atom is -0.465 e. The van der Waals surface area contributed by atoms with E-state index in [9.17, 15) is 9.18 Å². The average Bonchev–Trinajstić information content (AvgIpc) is 2.74. The second-order valence-corrected chi connectivity index (χ2v) is 5.04. The van der Waals surface area contributed by atoms with Crippen LogP contribution >= 0.6 is 22.9 Å². The van der Waals surface area contributed by atoms with Gasteiger partial charge in [0.25, 0.3) is 0 Å². The number of halogens is 2. The van der Waals surface area contributed by atoms with E-state index < -0.39 is 11.8 Å². The molecular formula is C12H8ClFO2S. The summed E-state index contributed by atoms with van der Waals surface area (Å²) >= 11 is 7.14. The molecule has 0 radical (unpaired) electrons. The van der Waals surface area contributed by atoms with Crippen LogP contribution in [0.15, 0.2) is 30.3 Å². The van der Waals surface area contributed by atoms with Crippen molar-refractivity contribution in [2.24, 2.45) is 0 Å². The standard InChI is InChI=1S/C12H8ClFO2S/c1-16-12(15)8-4-7(5-9(14)6-8)10-2-3-11(13)17-10/h2-6H,1H3. The summed E-state index contributed by atoms with van der Waals surface area (Å²) in [6, 6.07) is 7.59. The van der Waals surface area contributed by atoms with E-state index in [1.807, 2.05) is 0 Å². The highest BCUT2D eigenvalue weighted by atomic mass is 35.5. The van der Waals surface area contributed by atoms with Gasteiger partial charge in [0.2, 0.25) is 0 Å². The number of carbonyl (C=O) groups excluding carboxylic acids is 1. The van der Waals surface area contributed by atoms with Gasteiger partial charge in [-0.05, 0) is 35.9 Å². The van der Waals surface area contributed by atoms with Gasteiger partial charge in [-0.15, -0.1) is 11.3 Å². The van der Waals surface area contributed by atoms with Crippen molar-refractivity contribution in [3.63, 3.8) is 0 Å². The molecule has 2 rings (SSSR count). The summed E-state index contributed by atoms with van der Waals surface area (Å²) < 4.78 is 18.6. The summed E-state index contributed by atoms with van der Waals surface area (Å²) in [4.78, 5) is 12.1. The molecule has 0 unspecified atom stereocenters. The van der Waals surface area contributed by atoms with E-state index in [0.29, 0.717) is 9.90 Å². The minimum atomic E-state index is -0.562. The number of ether oxygens (including phenoxy) is 1. The highest BCUT2D eigenvalue weighted by molar-refractivity contribution is 7.19. The van der Waals surface area contributed by atoms with E-state index in [4.69, 9.17) is 11.6 Å². The second-order valence-electron chi connectivity index (χ2n) is 3.32. The maximum Gasteiger partial charge on any atom is 0.337 e. The summed E-state index contributed by atoms with van der Waals surface area (Å²) in [5.41, 5.74) is 0.800. The SMILES string of the molecule is COC(=O)c1cc(F)cc(-c2ccc(Cl)s2)c1. The average molecular weight is 271 g/mol. The third-order valence-electron chi connectivity index (χ3n) is 2.18. The fourth-order valence-corrected chi connectivity index (χ4v) is 2.47. The number of hydrogen-bond donors (Lipinski definition) is 0. The lowest BCUT2D eigenvalue weighted by atomic mass is 10.1. The van der Waals surface area contributed by atoms with Crippen molar-refractivity contribution < 1.29 is 13.9 Å². The molecule has 2 nitrogen and oxygen atoms in total. The molecule has 1 heterocycles. The van der Waals surface area contributed by atoms with E-state index in [2.05, 4.69) is 4.74 Å². The first-order chi connectivity index (χ1) is 8.10. The van der Waals surface area contributed by atoms with Crippen LogP contribution in [0.5, 0.6) is 0 Å². The third-order valence-corrected chi connectivity index (χ3v) is 3.46. The van der Waals surface area contributed by atoms with Crippen molar-refractivity contribution in [1.29, 1.82) is 0 Å². The van der Waals surface area contributed by atoms with Gasteiger partial charge in [0.15, 0.2) is 0 Å². The smallest absolute Gasteiger partial charge is 0.337 e. The number of esters is 1. The van der Waals surface area contributed by atoms with E-state index >= 15 is 0 Å². The molecule has 0 aliphatic heterocycles. The number of thiophene rings is 1. The molecule has 0 spiro atoms. The molecule has 1 aromatic carbocycles. The van der Waals surface area contributed by atoms with E-state index in [1.54, 1.807) is 18.2 Å². The predicted octanol–water partition coefficient (Wildman–Crippen LogP) is 3.99. The zero-order valence-electron chi connectivity index (χ0n) is 8.87. The molecule has 0 fully saturated rings. The van der Waals surface area contributed by atoms with E-state index in [0.717, 1.165) is 10.9 Å². The van der Waals surface area contributed by atoms with E-state index in [-0.39, 0.29) is 5.56 Å². The fraction of sp³-hybridized carbons (Fsp3) is 0.0833. The van der Waals surface area contributed by atoms with Gasteiger partial charge in [-0.1, -0.05) is 11.6 Å². The van der Waals surface area contributed by atoms with Crippen molar-refractivity contribution in [2.45, 2.75) is 0 Å². The van der Waals surface area contributed by atoms with Crippen LogP contribution in [0.1, 0.15) is 10.4 Å². The quantitative estimate of drug-likeness (QED) is 0.771. The summed E-state index contributed by atoms with van der Waals surface area (Å²) in [7, 11) is 1.26. The van der Waals surface area contributed by atoms with Crippen molar-refractivity contribution in [3.05, 3.63) is 46.0 Å². The molecule has 88 valence electrons. The van der Waals surface area contributed by atoms with Crippen LogP contribution in [0.4, 0.5) is 4.39 Å². The number of rotatable bonds is 2. The Morgan fingerprint density at radius 2 is 2.12 bits per heavy atom. The zero-order chi connectivity index (χ0) is 12.4. The topological polar surface area (TPSA) is 26.3 Å². The molecule has 2 aromatic rings. The Balaban J connectivity index is 2.48. The first kappa shape index (κ1) is 12.1. The van der Waals surface area contributed by atoms with Crippen LogP contribution in [0, 0.1) is 5.82 Å². The number of methoxy groups -OCH3 is 1. The first-order valence-electron chi connectivity index (χ1n) is 4.75. The predicted molar refractivity (Wildman–Crippen MR) is 66.1 cm³/mol. The highest BCUT2D eigenvalue weighted by Crippen LogP contribution is 2.32. The zero-order valence-corrected chi connectivity index (χ0v) is 10.4. The largest absolute Gasteiger partial charge is 0.465 e. The lowest BCUT2D eigenvalue weighted by molar-refractivity contribution is 0.0600. The van der Waals surface area contributed by atoms with Crippen LogP contribution < -0.4 is 0 Å². The number of hydrogen-bond acceptors (Lipinski definition) is 3. The van der Waals surface area contributed by atoms with Crippen LogP contribution in [0.25, 0.3) is 10.4 Å². The van der Waals surface area contributed by atoms with Crippen molar-refractivity contribution in [3.8, 4) is 10.4 Å². The highest BCUT2D eigenvalue weighted by Gasteiger charge is 2.11. The second kappa shape index (κ2) is 4.85. The monoisotopic (exact) mass is 270 g/mol. The van der Waals surface area contributed by atoms with Gasteiger partial charge in [0.05, 0.1) is 17.0 Å². The summed E-state index contributed by atoms with van der Waals surface area (Å²) in [6.07, 6.45) is 0. The molecule has 0 amide bonds. The van der Waals surface area contributed by atoms with Crippen LogP contribution in [0.2, 0.25) is 4.34 Å². The molecule has 5 heteroatoms. The van der Waals surface area contributed by atoms with Crippen molar-refractivity contribution in [1.82, 2.24) is 0 Å². The molecule has 0 atom stereocenters. The van der Waals surface area contributed by atoms with Gasteiger partial charge >= 0.3 is 5.97 Å². The first-order valence-corrected chi connectivity index (χ1v) is 5.94. The Morgan fingerprint density at radius 3 is 2.71 bits per heavy atom. The lowest BCUT2D eigenvalue weighted by Crippen LogP contribution is -2.01. The van der Waals surface area contributed by atoms with Gasteiger partial charge in [-0.25, -0.2) is 9.18 Å². The van der Waals surface area contributed by atoms with Gasteiger partial charge in [0.1, 0.15) is 5.82 Å². The molecule has 0 saturated carbocycles. The molecule has 0 saturated heterocycles. The normalized spacial score (nSPS) is 10.3. The Hall–Kier alpha value is -1.39. The molecule has 0 aliphatic rings. The number of carbonyl (C=O) groups is 1. The van der Waals surface area contributed by atoms with Gasteiger partial charge < -0.3 is 4.74 Å². The maximum absolute atomic E-state index is 13.4. The van der Waals surface area contributed by atoms with Crippen LogP contribution in [-0.4, -0.2) is 13.1 Å². The summed E-state index contributed by atoms with van der Waals surface area (Å²) in [5, 5.41) is 0. The Labute approximate surface area is 107 Å². The van der Waals surface area contributed by atoms with Gasteiger partial charge in [-0.2, -0.15) is 0 Å². The summed E-state index contributed by atoms with van der Waals surface area (Å²) in [6.45, 7) is 0. The van der Waals surface area contributed by atoms with Crippen LogP contribution in [-0.2, 0) is 4.74 Å².